The van der Waals surface area contributed by atoms with Crippen molar-refractivity contribution in [2.75, 3.05) is 0 Å². The van der Waals surface area contributed by atoms with E-state index >= 15 is 0 Å². The van der Waals surface area contributed by atoms with Gasteiger partial charge in [0.2, 0.25) is 0 Å². The topological polar surface area (TPSA) is 288 Å². The number of nitriles is 4. The van der Waals surface area contributed by atoms with Gasteiger partial charge >= 0.3 is 28.5 Å². The van der Waals surface area contributed by atoms with Crippen LogP contribution in [0, 0.1) is 44.9 Å². The predicted molar refractivity (Wildman–Crippen MR) is 66.8 cm³/mol. The summed E-state index contributed by atoms with van der Waals surface area (Å²) >= 11 is 0. The number of rotatable bonds is 0. The van der Waals surface area contributed by atoms with Crippen LogP contribution in [0.5, 0.6) is 0 Å². The molecule has 0 aromatic heterocycles. The molecule has 21 heavy (non-hydrogen) atoms. The molecule has 0 saturated carbocycles. The zero-order valence-corrected chi connectivity index (χ0v) is 10.2. The minimum Gasteiger partial charge on any atom is -0.415 e. The van der Waals surface area contributed by atoms with Crippen LogP contribution in [0.15, 0.2) is 0 Å². The Kier molecular flexibility index (Phi) is 39.4. The SMILES string of the molecule is N#CB(O)O.N#CB(O)O.N#CB(O)O.N#CB(O)O.O. The van der Waals surface area contributed by atoms with Gasteiger partial charge in [0.25, 0.3) is 0 Å². The molecule has 17 heteroatoms. The van der Waals surface area contributed by atoms with Crippen LogP contribution >= 0.6 is 0 Å². The Balaban J connectivity index is -0.0000000533. The predicted octanol–water partition coefficient (Wildman–Crippen LogP) is -6.74. The van der Waals surface area contributed by atoms with E-state index < -0.39 is 28.5 Å². The maximum Gasteiger partial charge on any atom is 0.573 e. The Morgan fingerprint density at radius 2 is 0.476 bits per heavy atom. The Bertz CT molecular complexity index is 294. The van der Waals surface area contributed by atoms with E-state index in [9.17, 15) is 0 Å². The van der Waals surface area contributed by atoms with Gasteiger partial charge in [-0.2, -0.15) is 0 Å². The van der Waals surface area contributed by atoms with Crippen molar-refractivity contribution in [1.29, 1.82) is 21.0 Å². The van der Waals surface area contributed by atoms with Crippen molar-refractivity contribution in [2.24, 2.45) is 0 Å². The lowest BCUT2D eigenvalue weighted by atomic mass is 9.97. The number of hydrogen-bond donors (Lipinski definition) is 8. The second kappa shape index (κ2) is 26.4. The molecule has 0 spiro atoms. The molecule has 112 valence electrons. The Morgan fingerprint density at radius 1 is 0.429 bits per heavy atom. The zero-order valence-electron chi connectivity index (χ0n) is 10.2. The van der Waals surface area contributed by atoms with E-state index in [1.165, 1.54) is 0 Å². The Morgan fingerprint density at radius 3 is 0.476 bits per heavy atom. The molecule has 0 radical (unpaired) electrons. The van der Waals surface area contributed by atoms with E-state index in [-0.39, 0.29) is 5.48 Å². The van der Waals surface area contributed by atoms with Crippen molar-refractivity contribution in [3.05, 3.63) is 0 Å². The summed E-state index contributed by atoms with van der Waals surface area (Å²) in [6.45, 7) is 0. The van der Waals surface area contributed by atoms with Crippen LogP contribution < -0.4 is 0 Å². The molecule has 0 aromatic carbocycles. The van der Waals surface area contributed by atoms with Crippen molar-refractivity contribution in [3.8, 4) is 23.9 Å². The highest BCUT2D eigenvalue weighted by atomic mass is 16.4. The fourth-order valence-corrected chi connectivity index (χ4v) is 0. The average Bonchev–Trinajstić information content (AvgIpc) is 2.40. The van der Waals surface area contributed by atoms with E-state index in [0.717, 1.165) is 23.9 Å². The summed E-state index contributed by atoms with van der Waals surface area (Å²) in [7, 11) is -7.24. The van der Waals surface area contributed by atoms with Gasteiger partial charge in [0.15, 0.2) is 0 Å². The summed E-state index contributed by atoms with van der Waals surface area (Å²) in [6, 6.07) is 0. The van der Waals surface area contributed by atoms with Crippen LogP contribution in [0.2, 0.25) is 0 Å². The maximum atomic E-state index is 7.56. The van der Waals surface area contributed by atoms with Crippen molar-refractivity contribution < 1.29 is 45.7 Å². The molecule has 10 N–H and O–H groups in total. The fourth-order valence-electron chi connectivity index (χ4n) is 0. The van der Waals surface area contributed by atoms with Gasteiger partial charge in [-0.25, -0.2) is 21.0 Å². The highest BCUT2D eigenvalue weighted by molar-refractivity contribution is 6.51. The second-order valence-corrected chi connectivity index (χ2v) is 2.01. The molecule has 0 amide bonds. The molecule has 0 aliphatic rings. The zero-order chi connectivity index (χ0) is 17.1. The van der Waals surface area contributed by atoms with Gasteiger partial charge in [-0.15, -0.1) is 0 Å². The number of nitrogens with zero attached hydrogens (tertiary/aromatic N) is 4. The maximum absolute atomic E-state index is 7.56. The summed E-state index contributed by atoms with van der Waals surface area (Å²) in [5.74, 6) is 4.56. The van der Waals surface area contributed by atoms with E-state index in [1.54, 1.807) is 0 Å². The second-order valence-electron chi connectivity index (χ2n) is 2.01. The van der Waals surface area contributed by atoms with E-state index in [2.05, 4.69) is 0 Å². The highest BCUT2D eigenvalue weighted by Crippen LogP contribution is 1.52. The lowest BCUT2D eigenvalue weighted by Crippen LogP contribution is -2.05. The van der Waals surface area contributed by atoms with Crippen molar-refractivity contribution in [3.63, 3.8) is 0 Å². The summed E-state index contributed by atoms with van der Waals surface area (Å²) in [4.78, 5) is 0. The van der Waals surface area contributed by atoms with Crippen molar-refractivity contribution in [2.45, 2.75) is 0 Å². The lowest BCUT2D eigenvalue weighted by molar-refractivity contribution is 0.425. The number of hydrogen-bond acceptors (Lipinski definition) is 12. The Hall–Kier alpha value is -2.14. The molecule has 0 saturated heterocycles. The fraction of sp³-hybridized carbons (Fsp3) is 0. The van der Waals surface area contributed by atoms with Crippen LogP contribution in [0.4, 0.5) is 0 Å². The largest absolute Gasteiger partial charge is 0.573 e. The van der Waals surface area contributed by atoms with E-state index in [1.807, 2.05) is 0 Å². The standard InChI is InChI=1S/4CH2BNO2.H2O/c4*3-1-2(4)5;/h4*4-5H;1H2. The molecular weight excluding hydrogens is 291 g/mol. The smallest absolute Gasteiger partial charge is 0.415 e. The first-order chi connectivity index (χ1) is 9.08. The molecule has 13 nitrogen and oxygen atoms in total. The molecular formula is C4H10B4N4O9. The molecule has 0 heterocycles. The average molecular weight is 301 g/mol. The Labute approximate surface area is 120 Å². The summed E-state index contributed by atoms with van der Waals surface area (Å²) in [6.07, 6.45) is 0. The minimum absolute atomic E-state index is 0. The van der Waals surface area contributed by atoms with Gasteiger partial charge < -0.3 is 45.7 Å². The van der Waals surface area contributed by atoms with Crippen LogP contribution in [0.1, 0.15) is 0 Å². The molecule has 0 bridgehead atoms. The molecule has 0 atom stereocenters. The van der Waals surface area contributed by atoms with E-state index in [4.69, 9.17) is 61.2 Å². The molecule has 0 aliphatic carbocycles. The normalized spacial score (nSPS) is 5.52. The van der Waals surface area contributed by atoms with Crippen LogP contribution in [0.3, 0.4) is 0 Å². The summed E-state index contributed by atoms with van der Waals surface area (Å²) < 4.78 is 0. The molecule has 0 fully saturated rings. The third kappa shape index (κ3) is 131. The third-order valence-corrected chi connectivity index (χ3v) is 0.462. The van der Waals surface area contributed by atoms with Crippen molar-refractivity contribution in [1.82, 2.24) is 0 Å². The minimum atomic E-state index is -1.81. The molecule has 0 unspecified atom stereocenters. The first kappa shape index (κ1) is 31.3. The quantitative estimate of drug-likeness (QED) is 0.193. The van der Waals surface area contributed by atoms with E-state index in [0.29, 0.717) is 0 Å². The first-order valence-corrected chi connectivity index (χ1v) is 4.11. The third-order valence-electron chi connectivity index (χ3n) is 0.462. The molecule has 0 aliphatic heterocycles. The van der Waals surface area contributed by atoms with Crippen LogP contribution in [-0.2, 0) is 0 Å². The van der Waals surface area contributed by atoms with Gasteiger partial charge in [0, 0.05) is 0 Å². The molecule has 0 aromatic rings. The summed E-state index contributed by atoms with van der Waals surface area (Å²) in [5.41, 5.74) is 0. The van der Waals surface area contributed by atoms with Gasteiger partial charge in [-0.3, -0.25) is 0 Å². The van der Waals surface area contributed by atoms with Gasteiger partial charge in [-0.05, 0) is 0 Å². The van der Waals surface area contributed by atoms with Gasteiger partial charge in [-0.1, -0.05) is 0 Å². The van der Waals surface area contributed by atoms with Crippen molar-refractivity contribution >= 4 is 28.5 Å². The first-order valence-electron chi connectivity index (χ1n) is 4.11. The summed E-state index contributed by atoms with van der Waals surface area (Å²) in [5, 5.41) is 90.0. The van der Waals surface area contributed by atoms with Gasteiger partial charge in [0.05, 0.1) is 23.9 Å². The lowest BCUT2D eigenvalue weighted by Gasteiger charge is -1.67. The highest BCUT2D eigenvalue weighted by Gasteiger charge is 1.99. The molecule has 0 rings (SSSR count). The van der Waals surface area contributed by atoms with Gasteiger partial charge in [0.1, 0.15) is 0 Å². The van der Waals surface area contributed by atoms with Crippen LogP contribution in [-0.4, -0.2) is 74.1 Å². The monoisotopic (exact) mass is 302 g/mol. The van der Waals surface area contributed by atoms with Crippen LogP contribution in [0.25, 0.3) is 0 Å².